The van der Waals surface area contributed by atoms with Crippen LogP contribution < -0.4 is 15.4 Å². The van der Waals surface area contributed by atoms with E-state index in [4.69, 9.17) is 16.3 Å². The quantitative estimate of drug-likeness (QED) is 0.488. The molecule has 27 heavy (non-hydrogen) atoms. The molecule has 0 radical (unpaired) electrons. The molecule has 6 heteroatoms. The number of carbonyl (C=O) groups excluding carboxylic acids is 1. The van der Waals surface area contributed by atoms with Crippen molar-refractivity contribution in [2.45, 2.75) is 6.54 Å². The molecule has 1 amide bonds. The Bertz CT molecular complexity index is 902. The Morgan fingerprint density at radius 3 is 2.41 bits per heavy atom. The van der Waals surface area contributed by atoms with Crippen molar-refractivity contribution in [2.75, 3.05) is 17.2 Å². The molecule has 2 N–H and O–H groups in total. The van der Waals surface area contributed by atoms with E-state index < -0.39 is 0 Å². The molecule has 3 aromatic rings. The normalized spacial score (nSPS) is 10.3. The fourth-order valence-electron chi connectivity index (χ4n) is 2.41. The molecule has 0 aliphatic carbocycles. The number of carbonyl (C=O) groups is 1. The number of para-hydroxylation sites is 1. The lowest BCUT2D eigenvalue weighted by atomic mass is 10.2. The van der Waals surface area contributed by atoms with Crippen molar-refractivity contribution in [3.63, 3.8) is 0 Å². The van der Waals surface area contributed by atoms with Gasteiger partial charge in [0.25, 0.3) is 5.91 Å². The molecule has 0 atom stereocenters. The van der Waals surface area contributed by atoms with Gasteiger partial charge in [-0.3, -0.25) is 4.79 Å². The highest BCUT2D eigenvalue weighted by molar-refractivity contribution is 9.10. The molecule has 0 aliphatic heterocycles. The number of halogens is 2. The highest BCUT2D eigenvalue weighted by Gasteiger charge is 2.07. The van der Waals surface area contributed by atoms with E-state index in [1.54, 1.807) is 24.3 Å². The second-order valence-corrected chi connectivity index (χ2v) is 7.12. The van der Waals surface area contributed by atoms with E-state index in [9.17, 15) is 4.79 Å². The lowest BCUT2D eigenvalue weighted by Gasteiger charge is -2.11. The number of hydrogen-bond acceptors (Lipinski definition) is 3. The molecule has 0 saturated carbocycles. The molecule has 0 saturated heterocycles. The molecule has 4 nitrogen and oxygen atoms in total. The predicted octanol–water partition coefficient (Wildman–Crippen LogP) is 5.73. The third-order valence-corrected chi connectivity index (χ3v) is 4.63. The van der Waals surface area contributed by atoms with Crippen molar-refractivity contribution in [2.24, 2.45) is 0 Å². The number of anilines is 2. The van der Waals surface area contributed by atoms with Gasteiger partial charge in [-0.1, -0.05) is 35.9 Å². The highest BCUT2D eigenvalue weighted by Crippen LogP contribution is 2.26. The van der Waals surface area contributed by atoms with E-state index in [-0.39, 0.29) is 12.5 Å². The zero-order chi connectivity index (χ0) is 19.1. The largest absolute Gasteiger partial charge is 0.483 e. The molecule has 0 fully saturated rings. The summed E-state index contributed by atoms with van der Waals surface area (Å²) in [5, 5.41) is 6.74. The average Bonchev–Trinajstić information content (AvgIpc) is 2.68. The van der Waals surface area contributed by atoms with E-state index in [0.717, 1.165) is 15.7 Å². The number of nitrogens with one attached hydrogen (secondary N) is 2. The second-order valence-electron chi connectivity index (χ2n) is 5.83. The summed E-state index contributed by atoms with van der Waals surface area (Å²) in [6.07, 6.45) is 0. The van der Waals surface area contributed by atoms with Crippen LogP contribution in [-0.2, 0) is 11.3 Å². The standard InChI is InChI=1S/C21H18BrClN2O2/c22-19-12-15(13-24-17-4-2-1-3-5-17)6-11-20(19)27-14-21(26)25-18-9-7-16(23)8-10-18/h1-12,24H,13-14H2,(H,25,26). The highest BCUT2D eigenvalue weighted by atomic mass is 79.9. The summed E-state index contributed by atoms with van der Waals surface area (Å²) in [4.78, 5) is 12.0. The minimum atomic E-state index is -0.237. The Kier molecular flexibility index (Phi) is 6.74. The fraction of sp³-hybridized carbons (Fsp3) is 0.0952. The zero-order valence-corrected chi connectivity index (χ0v) is 16.8. The van der Waals surface area contributed by atoms with Crippen LogP contribution in [0.3, 0.4) is 0 Å². The maximum atomic E-state index is 12.0. The molecule has 0 spiro atoms. The van der Waals surface area contributed by atoms with E-state index >= 15 is 0 Å². The van der Waals surface area contributed by atoms with Crippen molar-refractivity contribution >= 4 is 44.8 Å². The maximum absolute atomic E-state index is 12.0. The Balaban J connectivity index is 1.51. The van der Waals surface area contributed by atoms with Crippen LogP contribution in [0.15, 0.2) is 77.3 Å². The predicted molar refractivity (Wildman–Crippen MR) is 113 cm³/mol. The summed E-state index contributed by atoms with van der Waals surface area (Å²) in [6, 6.07) is 22.7. The van der Waals surface area contributed by atoms with E-state index in [1.165, 1.54) is 0 Å². The van der Waals surface area contributed by atoms with Crippen LogP contribution in [0.4, 0.5) is 11.4 Å². The molecule has 0 heterocycles. The van der Waals surface area contributed by atoms with Gasteiger partial charge in [0, 0.05) is 22.9 Å². The van der Waals surface area contributed by atoms with Crippen LogP contribution in [0.2, 0.25) is 5.02 Å². The van der Waals surface area contributed by atoms with Crippen LogP contribution in [0, 0.1) is 0 Å². The lowest BCUT2D eigenvalue weighted by molar-refractivity contribution is -0.118. The lowest BCUT2D eigenvalue weighted by Crippen LogP contribution is -2.20. The molecule has 0 unspecified atom stereocenters. The molecule has 3 rings (SSSR count). The summed E-state index contributed by atoms with van der Waals surface area (Å²) in [6.45, 7) is 0.614. The summed E-state index contributed by atoms with van der Waals surface area (Å²) in [5.41, 5.74) is 2.84. The molecule has 0 aliphatic rings. The van der Waals surface area contributed by atoms with Gasteiger partial charge in [0.1, 0.15) is 5.75 Å². The average molecular weight is 446 g/mol. The van der Waals surface area contributed by atoms with Crippen LogP contribution >= 0.6 is 27.5 Å². The van der Waals surface area contributed by atoms with E-state index in [0.29, 0.717) is 23.0 Å². The maximum Gasteiger partial charge on any atom is 0.262 e. The van der Waals surface area contributed by atoms with Gasteiger partial charge in [-0.2, -0.15) is 0 Å². The Labute approximate surface area is 171 Å². The van der Waals surface area contributed by atoms with Gasteiger partial charge in [-0.25, -0.2) is 0 Å². The summed E-state index contributed by atoms with van der Waals surface area (Å²) >= 11 is 9.33. The van der Waals surface area contributed by atoms with Gasteiger partial charge < -0.3 is 15.4 Å². The molecule has 138 valence electrons. The Hall–Kier alpha value is -2.50. The number of hydrogen-bond donors (Lipinski definition) is 2. The Morgan fingerprint density at radius 1 is 0.963 bits per heavy atom. The van der Waals surface area contributed by atoms with Crippen LogP contribution in [0.1, 0.15) is 5.56 Å². The second kappa shape index (κ2) is 9.44. The first-order chi connectivity index (χ1) is 13.1. The molecular formula is C21H18BrClN2O2. The summed E-state index contributed by atoms with van der Waals surface area (Å²) in [5.74, 6) is 0.378. The minimum absolute atomic E-state index is 0.0805. The van der Waals surface area contributed by atoms with Crippen LogP contribution in [0.25, 0.3) is 0 Å². The van der Waals surface area contributed by atoms with Crippen molar-refractivity contribution in [3.8, 4) is 5.75 Å². The third kappa shape index (κ3) is 6.01. The van der Waals surface area contributed by atoms with Crippen molar-refractivity contribution in [3.05, 3.63) is 87.9 Å². The van der Waals surface area contributed by atoms with Gasteiger partial charge in [-0.15, -0.1) is 0 Å². The molecule has 3 aromatic carbocycles. The number of benzene rings is 3. The van der Waals surface area contributed by atoms with E-state index in [1.807, 2.05) is 48.5 Å². The summed E-state index contributed by atoms with van der Waals surface area (Å²) < 4.78 is 6.41. The third-order valence-electron chi connectivity index (χ3n) is 3.75. The number of rotatable bonds is 7. The monoisotopic (exact) mass is 444 g/mol. The number of ether oxygens (including phenoxy) is 1. The summed E-state index contributed by atoms with van der Waals surface area (Å²) in [7, 11) is 0. The van der Waals surface area contributed by atoms with Crippen molar-refractivity contribution in [1.82, 2.24) is 0 Å². The fourth-order valence-corrected chi connectivity index (χ4v) is 3.07. The first-order valence-corrected chi connectivity index (χ1v) is 9.53. The Morgan fingerprint density at radius 2 is 1.70 bits per heavy atom. The van der Waals surface area contributed by atoms with Gasteiger partial charge in [-0.05, 0) is 70.0 Å². The SMILES string of the molecule is O=C(COc1ccc(CNc2ccccc2)cc1Br)Nc1ccc(Cl)cc1. The molecule has 0 bridgehead atoms. The van der Waals surface area contributed by atoms with E-state index in [2.05, 4.69) is 26.6 Å². The van der Waals surface area contributed by atoms with Crippen LogP contribution in [0.5, 0.6) is 5.75 Å². The van der Waals surface area contributed by atoms with Crippen molar-refractivity contribution in [1.29, 1.82) is 0 Å². The van der Waals surface area contributed by atoms with Gasteiger partial charge in [0.15, 0.2) is 6.61 Å². The first kappa shape index (κ1) is 19.3. The molecular weight excluding hydrogens is 428 g/mol. The van der Waals surface area contributed by atoms with Gasteiger partial charge in [0.2, 0.25) is 0 Å². The zero-order valence-electron chi connectivity index (χ0n) is 14.4. The smallest absolute Gasteiger partial charge is 0.262 e. The van der Waals surface area contributed by atoms with Gasteiger partial charge in [0.05, 0.1) is 4.47 Å². The molecule has 0 aromatic heterocycles. The van der Waals surface area contributed by atoms with Crippen molar-refractivity contribution < 1.29 is 9.53 Å². The number of amides is 1. The van der Waals surface area contributed by atoms with Gasteiger partial charge >= 0.3 is 0 Å². The van der Waals surface area contributed by atoms with Crippen LogP contribution in [-0.4, -0.2) is 12.5 Å². The topological polar surface area (TPSA) is 50.4 Å². The minimum Gasteiger partial charge on any atom is -0.483 e. The first-order valence-electron chi connectivity index (χ1n) is 8.36.